The van der Waals surface area contributed by atoms with Gasteiger partial charge in [-0.15, -0.1) is 11.3 Å². The van der Waals surface area contributed by atoms with E-state index in [9.17, 15) is 4.79 Å². The molecule has 14 heavy (non-hydrogen) atoms. The minimum absolute atomic E-state index is 0.0167. The molecule has 0 aliphatic carbocycles. The largest absolute Gasteiger partial charge is 0.330 e. The predicted molar refractivity (Wildman–Crippen MR) is 55.9 cm³/mol. The summed E-state index contributed by atoms with van der Waals surface area (Å²) in [5.41, 5.74) is 0. The third-order valence-electron chi connectivity index (χ3n) is 1.76. The maximum atomic E-state index is 11.7. The summed E-state index contributed by atoms with van der Waals surface area (Å²) in [6.45, 7) is 0.292. The van der Waals surface area contributed by atoms with E-state index in [1.165, 1.54) is 11.3 Å². The molecule has 0 aliphatic heterocycles. The smallest absolute Gasteiger partial charge is 0.193 e. The fraction of sp³-hybridized carbons (Fsp3) is 0.111. The Morgan fingerprint density at radius 1 is 1.64 bits per heavy atom. The number of carbonyl (C=O) groups excluding carboxylic acids is 1. The van der Waals surface area contributed by atoms with Crippen molar-refractivity contribution in [1.29, 1.82) is 0 Å². The van der Waals surface area contributed by atoms with Crippen LogP contribution >= 0.6 is 22.9 Å². The average molecular weight is 227 g/mol. The van der Waals surface area contributed by atoms with Gasteiger partial charge in [-0.1, -0.05) is 11.6 Å². The molecule has 2 heterocycles. The van der Waals surface area contributed by atoms with E-state index in [1.54, 1.807) is 29.4 Å². The molecule has 0 amide bonds. The van der Waals surface area contributed by atoms with Crippen molar-refractivity contribution in [3.05, 3.63) is 40.1 Å². The highest BCUT2D eigenvalue weighted by Gasteiger charge is 2.11. The van der Waals surface area contributed by atoms with E-state index in [0.29, 0.717) is 16.4 Å². The van der Waals surface area contributed by atoms with Gasteiger partial charge in [-0.3, -0.25) is 4.79 Å². The Bertz CT molecular complexity index is 435. The first-order valence-electron chi connectivity index (χ1n) is 3.99. The van der Waals surface area contributed by atoms with Gasteiger partial charge in [0.1, 0.15) is 0 Å². The van der Waals surface area contributed by atoms with Gasteiger partial charge in [0.15, 0.2) is 5.78 Å². The monoisotopic (exact) mass is 226 g/mol. The summed E-state index contributed by atoms with van der Waals surface area (Å²) in [4.78, 5) is 16.1. The van der Waals surface area contributed by atoms with E-state index < -0.39 is 0 Å². The second-order valence-corrected chi connectivity index (χ2v) is 4.08. The number of rotatable bonds is 3. The molecule has 0 saturated carbocycles. The van der Waals surface area contributed by atoms with Crippen molar-refractivity contribution in [2.45, 2.75) is 6.54 Å². The van der Waals surface area contributed by atoms with E-state index in [0.717, 1.165) is 0 Å². The summed E-state index contributed by atoms with van der Waals surface area (Å²) in [6.07, 6.45) is 5.00. The van der Waals surface area contributed by atoms with Gasteiger partial charge in [0.2, 0.25) is 0 Å². The highest BCUT2D eigenvalue weighted by Crippen LogP contribution is 2.22. The number of ketones is 1. The number of aromatic nitrogens is 2. The molecule has 0 aliphatic rings. The lowest BCUT2D eigenvalue weighted by Gasteiger charge is -1.99. The number of thiophene rings is 1. The molecule has 0 N–H and O–H groups in total. The zero-order valence-electron chi connectivity index (χ0n) is 7.18. The lowest BCUT2D eigenvalue weighted by molar-refractivity contribution is 0.0976. The van der Waals surface area contributed by atoms with Crippen molar-refractivity contribution < 1.29 is 4.79 Å². The third kappa shape index (κ3) is 1.86. The number of hydrogen-bond donors (Lipinski definition) is 0. The van der Waals surface area contributed by atoms with Crippen molar-refractivity contribution in [3.63, 3.8) is 0 Å². The molecule has 0 radical (unpaired) electrons. The molecule has 72 valence electrons. The third-order valence-corrected chi connectivity index (χ3v) is 3.14. The van der Waals surface area contributed by atoms with Crippen LogP contribution in [0.4, 0.5) is 0 Å². The van der Waals surface area contributed by atoms with Gasteiger partial charge in [-0.25, -0.2) is 4.98 Å². The SMILES string of the molecule is O=C(Cn1ccnc1)c1sccc1Cl. The zero-order valence-corrected chi connectivity index (χ0v) is 8.76. The maximum Gasteiger partial charge on any atom is 0.193 e. The molecule has 0 aromatic carbocycles. The van der Waals surface area contributed by atoms with Gasteiger partial charge in [-0.2, -0.15) is 0 Å². The topological polar surface area (TPSA) is 34.9 Å². The minimum atomic E-state index is 0.0167. The zero-order chi connectivity index (χ0) is 9.97. The Morgan fingerprint density at radius 3 is 3.07 bits per heavy atom. The van der Waals surface area contributed by atoms with Crippen LogP contribution in [0.25, 0.3) is 0 Å². The van der Waals surface area contributed by atoms with Crippen LogP contribution in [0.5, 0.6) is 0 Å². The van der Waals surface area contributed by atoms with E-state index in [2.05, 4.69) is 4.98 Å². The highest BCUT2D eigenvalue weighted by molar-refractivity contribution is 7.12. The number of carbonyl (C=O) groups is 1. The standard InChI is InChI=1S/C9H7ClN2OS/c10-7-1-4-14-9(7)8(13)5-12-3-2-11-6-12/h1-4,6H,5H2. The molecule has 0 spiro atoms. The van der Waals surface area contributed by atoms with Crippen molar-refractivity contribution in [2.75, 3.05) is 0 Å². The van der Waals surface area contributed by atoms with Crippen LogP contribution < -0.4 is 0 Å². The summed E-state index contributed by atoms with van der Waals surface area (Å²) >= 11 is 7.20. The molecule has 2 aromatic rings. The van der Waals surface area contributed by atoms with Crippen LogP contribution in [0.1, 0.15) is 9.67 Å². The Balaban J connectivity index is 2.14. The van der Waals surface area contributed by atoms with Crippen molar-refractivity contribution in [3.8, 4) is 0 Å². The molecular formula is C9H7ClN2OS. The molecule has 0 bridgehead atoms. The van der Waals surface area contributed by atoms with E-state index in [-0.39, 0.29) is 5.78 Å². The Kier molecular flexibility index (Phi) is 2.65. The summed E-state index contributed by atoms with van der Waals surface area (Å²) in [7, 11) is 0. The molecule has 3 nitrogen and oxygen atoms in total. The van der Waals surface area contributed by atoms with E-state index >= 15 is 0 Å². The molecule has 0 fully saturated rings. The number of halogens is 1. The number of Topliss-reactive ketones (excluding diaryl/α,β-unsaturated/α-hetero) is 1. The Hall–Kier alpha value is -1.13. The van der Waals surface area contributed by atoms with Crippen LogP contribution in [-0.2, 0) is 6.54 Å². The lowest BCUT2D eigenvalue weighted by atomic mass is 10.3. The summed E-state index contributed by atoms with van der Waals surface area (Å²) < 4.78 is 1.72. The normalized spacial score (nSPS) is 10.4. The minimum Gasteiger partial charge on any atom is -0.330 e. The van der Waals surface area contributed by atoms with Gasteiger partial charge >= 0.3 is 0 Å². The summed E-state index contributed by atoms with van der Waals surface area (Å²) in [6, 6.07) is 1.73. The van der Waals surface area contributed by atoms with Gasteiger partial charge in [0.25, 0.3) is 0 Å². The fourth-order valence-electron chi connectivity index (χ4n) is 1.11. The second-order valence-electron chi connectivity index (χ2n) is 2.76. The molecule has 5 heteroatoms. The van der Waals surface area contributed by atoms with Gasteiger partial charge in [-0.05, 0) is 11.4 Å². The molecule has 2 rings (SSSR count). The lowest BCUT2D eigenvalue weighted by Crippen LogP contribution is -2.07. The van der Waals surface area contributed by atoms with Crippen LogP contribution in [0.2, 0.25) is 5.02 Å². The number of nitrogens with zero attached hydrogens (tertiary/aromatic N) is 2. The van der Waals surface area contributed by atoms with Crippen LogP contribution in [0.15, 0.2) is 30.2 Å². The van der Waals surface area contributed by atoms with Gasteiger partial charge in [0.05, 0.1) is 22.8 Å². The first-order valence-corrected chi connectivity index (χ1v) is 5.25. The van der Waals surface area contributed by atoms with Crippen molar-refractivity contribution in [1.82, 2.24) is 9.55 Å². The number of hydrogen-bond acceptors (Lipinski definition) is 3. The molecule has 0 unspecified atom stereocenters. The van der Waals surface area contributed by atoms with Crippen molar-refractivity contribution in [2.24, 2.45) is 0 Å². The predicted octanol–water partition coefficient (Wildman–Crippen LogP) is 2.48. The van der Waals surface area contributed by atoms with E-state index in [4.69, 9.17) is 11.6 Å². The quantitative estimate of drug-likeness (QED) is 0.754. The molecule has 0 atom stereocenters. The van der Waals surface area contributed by atoms with Crippen LogP contribution in [-0.4, -0.2) is 15.3 Å². The van der Waals surface area contributed by atoms with Crippen LogP contribution in [0, 0.1) is 0 Å². The Labute approximate surface area is 90.0 Å². The highest BCUT2D eigenvalue weighted by atomic mass is 35.5. The summed E-state index contributed by atoms with van der Waals surface area (Å²) in [5.74, 6) is 0.0167. The van der Waals surface area contributed by atoms with Crippen LogP contribution in [0.3, 0.4) is 0 Å². The average Bonchev–Trinajstić information content (AvgIpc) is 2.75. The van der Waals surface area contributed by atoms with Gasteiger partial charge in [0, 0.05) is 12.4 Å². The second kappa shape index (κ2) is 3.94. The Morgan fingerprint density at radius 2 is 2.50 bits per heavy atom. The number of imidazole rings is 1. The van der Waals surface area contributed by atoms with Crippen molar-refractivity contribution >= 4 is 28.7 Å². The van der Waals surface area contributed by atoms with Gasteiger partial charge < -0.3 is 4.57 Å². The first-order chi connectivity index (χ1) is 6.77. The summed E-state index contributed by atoms with van der Waals surface area (Å²) in [5, 5.41) is 2.34. The molecule has 2 aromatic heterocycles. The maximum absolute atomic E-state index is 11.7. The first kappa shape index (κ1) is 9.43. The fourth-order valence-corrected chi connectivity index (χ4v) is 2.20. The molecular weight excluding hydrogens is 220 g/mol. The van der Waals surface area contributed by atoms with E-state index in [1.807, 2.05) is 5.38 Å². The molecule has 0 saturated heterocycles.